The molecule has 0 spiro atoms. The van der Waals surface area contributed by atoms with Crippen molar-refractivity contribution in [2.24, 2.45) is 4.99 Å². The molecular formula is C22H37IN4O2. The highest BCUT2D eigenvalue weighted by Crippen LogP contribution is 2.21. The molecule has 0 atom stereocenters. The van der Waals surface area contributed by atoms with E-state index in [0.29, 0.717) is 6.10 Å². The number of halogens is 1. The molecule has 2 N–H and O–H groups in total. The van der Waals surface area contributed by atoms with E-state index in [1.165, 1.54) is 49.8 Å². The van der Waals surface area contributed by atoms with Gasteiger partial charge in [-0.1, -0.05) is 43.9 Å². The van der Waals surface area contributed by atoms with Gasteiger partial charge in [0.1, 0.15) is 0 Å². The van der Waals surface area contributed by atoms with Crippen LogP contribution in [-0.4, -0.2) is 58.6 Å². The number of aliphatic imine (C=N–C) groups is 1. The first kappa shape index (κ1) is 24.2. The summed E-state index contributed by atoms with van der Waals surface area (Å²) in [6.45, 7) is 5.75. The zero-order chi connectivity index (χ0) is 19.4. The van der Waals surface area contributed by atoms with Crippen molar-refractivity contribution in [2.75, 3.05) is 51.4 Å². The zero-order valence-corrected chi connectivity index (χ0v) is 20.0. The van der Waals surface area contributed by atoms with Gasteiger partial charge < -0.3 is 25.0 Å². The van der Waals surface area contributed by atoms with Gasteiger partial charge in [-0.05, 0) is 24.5 Å². The molecule has 1 saturated heterocycles. The Kier molecular flexibility index (Phi) is 11.7. The second kappa shape index (κ2) is 14.0. The average Bonchev–Trinajstić information content (AvgIpc) is 3.03. The van der Waals surface area contributed by atoms with Gasteiger partial charge in [0.25, 0.3) is 0 Å². The van der Waals surface area contributed by atoms with E-state index >= 15 is 0 Å². The van der Waals surface area contributed by atoms with Gasteiger partial charge in [-0.25, -0.2) is 0 Å². The Balaban J connectivity index is 0.00000300. The number of nitrogens with zero attached hydrogens (tertiary/aromatic N) is 2. The third-order valence-electron chi connectivity index (χ3n) is 5.56. The quantitative estimate of drug-likeness (QED) is 0.191. The summed E-state index contributed by atoms with van der Waals surface area (Å²) in [4.78, 5) is 6.75. The number of benzene rings is 1. The summed E-state index contributed by atoms with van der Waals surface area (Å²) in [5, 5.41) is 6.81. The molecule has 0 amide bonds. The van der Waals surface area contributed by atoms with Gasteiger partial charge in [0.15, 0.2) is 5.96 Å². The van der Waals surface area contributed by atoms with Crippen molar-refractivity contribution in [1.29, 1.82) is 0 Å². The summed E-state index contributed by atoms with van der Waals surface area (Å²) in [5.41, 5.74) is 2.56. The highest BCUT2D eigenvalue weighted by atomic mass is 127. The Morgan fingerprint density at radius 3 is 2.55 bits per heavy atom. The standard InChI is InChI=1S/C22H36N4O2.HI/c1-23-22(24-12-15-28-20-9-4-2-3-5-10-20)25-18-19-8-6-7-11-21(19)26-13-16-27-17-14-26;/h6-8,11,20H,2-5,9-10,12-18H2,1H3,(H2,23,24,25);1H. The van der Waals surface area contributed by atoms with E-state index in [1.807, 2.05) is 7.05 Å². The molecule has 1 aliphatic carbocycles. The SMILES string of the molecule is CN=C(NCCOC1CCCCCC1)NCc1ccccc1N1CCOCC1.I. The highest BCUT2D eigenvalue weighted by molar-refractivity contribution is 14.0. The number of nitrogens with one attached hydrogen (secondary N) is 2. The largest absolute Gasteiger partial charge is 0.378 e. The molecule has 1 saturated carbocycles. The maximum Gasteiger partial charge on any atom is 0.191 e. The Morgan fingerprint density at radius 1 is 1.10 bits per heavy atom. The lowest BCUT2D eigenvalue weighted by Gasteiger charge is -2.30. The van der Waals surface area contributed by atoms with Crippen molar-refractivity contribution >= 4 is 35.6 Å². The fourth-order valence-corrected chi connectivity index (χ4v) is 3.98. The van der Waals surface area contributed by atoms with Crippen molar-refractivity contribution in [3.63, 3.8) is 0 Å². The summed E-state index contributed by atoms with van der Waals surface area (Å²) >= 11 is 0. The first-order valence-electron chi connectivity index (χ1n) is 10.8. The molecule has 1 aromatic rings. The van der Waals surface area contributed by atoms with E-state index < -0.39 is 0 Å². The van der Waals surface area contributed by atoms with Crippen molar-refractivity contribution in [1.82, 2.24) is 10.6 Å². The van der Waals surface area contributed by atoms with E-state index in [2.05, 4.69) is 44.8 Å². The summed E-state index contributed by atoms with van der Waals surface area (Å²) in [7, 11) is 1.81. The highest BCUT2D eigenvalue weighted by Gasteiger charge is 2.15. The molecule has 164 valence electrons. The second-order valence-corrected chi connectivity index (χ2v) is 7.57. The zero-order valence-electron chi connectivity index (χ0n) is 17.7. The van der Waals surface area contributed by atoms with Gasteiger partial charge in [0, 0.05) is 38.9 Å². The number of morpholine rings is 1. The van der Waals surface area contributed by atoms with Gasteiger partial charge in [-0.15, -0.1) is 24.0 Å². The van der Waals surface area contributed by atoms with Crippen LogP contribution >= 0.6 is 24.0 Å². The monoisotopic (exact) mass is 516 g/mol. The molecule has 2 fully saturated rings. The predicted octanol–water partition coefficient (Wildman–Crippen LogP) is 3.55. The topological polar surface area (TPSA) is 58.1 Å². The van der Waals surface area contributed by atoms with Crippen LogP contribution in [0.1, 0.15) is 44.1 Å². The van der Waals surface area contributed by atoms with Crippen LogP contribution in [0.25, 0.3) is 0 Å². The number of hydrogen-bond acceptors (Lipinski definition) is 4. The molecule has 2 aliphatic rings. The molecule has 1 heterocycles. The molecule has 0 bridgehead atoms. The van der Waals surface area contributed by atoms with Crippen molar-refractivity contribution in [3.8, 4) is 0 Å². The van der Waals surface area contributed by atoms with Gasteiger partial charge in [0.05, 0.1) is 25.9 Å². The molecule has 6 nitrogen and oxygen atoms in total. The normalized spacial score (nSPS) is 18.7. The maximum atomic E-state index is 6.06. The fraction of sp³-hybridized carbons (Fsp3) is 0.682. The minimum atomic E-state index is 0. The fourth-order valence-electron chi connectivity index (χ4n) is 3.98. The average molecular weight is 516 g/mol. The van der Waals surface area contributed by atoms with E-state index in [9.17, 15) is 0 Å². The number of hydrogen-bond donors (Lipinski definition) is 2. The van der Waals surface area contributed by atoms with Crippen molar-refractivity contribution in [3.05, 3.63) is 29.8 Å². The molecule has 1 aliphatic heterocycles. The molecular weight excluding hydrogens is 479 g/mol. The van der Waals surface area contributed by atoms with Crippen LogP contribution in [0, 0.1) is 0 Å². The molecule has 29 heavy (non-hydrogen) atoms. The van der Waals surface area contributed by atoms with Crippen LogP contribution in [-0.2, 0) is 16.0 Å². The molecule has 0 radical (unpaired) electrons. The number of ether oxygens (including phenoxy) is 2. The van der Waals surface area contributed by atoms with Crippen molar-refractivity contribution in [2.45, 2.75) is 51.2 Å². The van der Waals surface area contributed by atoms with Crippen LogP contribution in [0.2, 0.25) is 0 Å². The van der Waals surface area contributed by atoms with E-state index in [0.717, 1.165) is 52.0 Å². The summed E-state index contributed by atoms with van der Waals surface area (Å²) in [5.74, 6) is 0.821. The Hall–Kier alpha value is -1.06. The Bertz CT molecular complexity index is 600. The van der Waals surface area contributed by atoms with Crippen molar-refractivity contribution < 1.29 is 9.47 Å². The molecule has 0 aromatic heterocycles. The van der Waals surface area contributed by atoms with E-state index in [1.54, 1.807) is 0 Å². The van der Waals surface area contributed by atoms with Crippen LogP contribution < -0.4 is 15.5 Å². The third-order valence-corrected chi connectivity index (χ3v) is 5.56. The van der Waals surface area contributed by atoms with Gasteiger partial charge in [-0.3, -0.25) is 4.99 Å². The first-order valence-corrected chi connectivity index (χ1v) is 10.8. The Morgan fingerprint density at radius 2 is 1.83 bits per heavy atom. The number of guanidine groups is 1. The van der Waals surface area contributed by atoms with Gasteiger partial charge in [-0.2, -0.15) is 0 Å². The molecule has 1 aromatic carbocycles. The Labute approximate surface area is 192 Å². The lowest BCUT2D eigenvalue weighted by molar-refractivity contribution is 0.0468. The number of para-hydroxylation sites is 1. The first-order chi connectivity index (χ1) is 13.9. The van der Waals surface area contributed by atoms with Gasteiger partial charge in [0.2, 0.25) is 0 Å². The van der Waals surface area contributed by atoms with Crippen LogP contribution in [0.15, 0.2) is 29.3 Å². The molecule has 7 heteroatoms. The summed E-state index contributed by atoms with van der Waals surface area (Å²) < 4.78 is 11.5. The lowest BCUT2D eigenvalue weighted by atomic mass is 10.1. The lowest BCUT2D eigenvalue weighted by Crippen LogP contribution is -2.40. The minimum absolute atomic E-state index is 0. The summed E-state index contributed by atoms with van der Waals surface area (Å²) in [6, 6.07) is 8.57. The van der Waals surface area contributed by atoms with E-state index in [4.69, 9.17) is 9.47 Å². The smallest absolute Gasteiger partial charge is 0.191 e. The van der Waals surface area contributed by atoms with Crippen LogP contribution in [0.4, 0.5) is 5.69 Å². The van der Waals surface area contributed by atoms with Crippen LogP contribution in [0.3, 0.4) is 0 Å². The molecule has 3 rings (SSSR count). The minimum Gasteiger partial charge on any atom is -0.378 e. The van der Waals surface area contributed by atoms with Crippen LogP contribution in [0.5, 0.6) is 0 Å². The summed E-state index contributed by atoms with van der Waals surface area (Å²) in [6.07, 6.45) is 8.21. The third kappa shape index (κ3) is 8.30. The van der Waals surface area contributed by atoms with Gasteiger partial charge >= 0.3 is 0 Å². The number of anilines is 1. The second-order valence-electron chi connectivity index (χ2n) is 7.57. The van der Waals surface area contributed by atoms with E-state index in [-0.39, 0.29) is 24.0 Å². The number of rotatable bonds is 7. The predicted molar refractivity (Wildman–Crippen MR) is 131 cm³/mol. The molecule has 0 unspecified atom stereocenters. The maximum absolute atomic E-state index is 6.06.